The minimum Gasteiger partial charge on any atom is -0.507 e. The molecule has 2 rings (SSSR count). The maximum absolute atomic E-state index is 12.1. The summed E-state index contributed by atoms with van der Waals surface area (Å²) < 4.78 is 0.857. The van der Waals surface area contributed by atoms with Crippen molar-refractivity contribution >= 4 is 34.2 Å². The summed E-state index contributed by atoms with van der Waals surface area (Å²) >= 11 is 2.07. The Morgan fingerprint density at radius 2 is 1.95 bits per heavy atom. The number of hydrogen-bond acceptors (Lipinski definition) is 3. The van der Waals surface area contributed by atoms with Gasteiger partial charge in [0.2, 0.25) is 0 Å². The number of nitrogens with one attached hydrogen (secondary N) is 1. The third kappa shape index (κ3) is 3.24. The first-order valence-corrected chi connectivity index (χ1v) is 6.68. The Bertz CT molecular complexity index is 613. The molecule has 0 spiro atoms. The number of amides is 1. The molecule has 0 saturated heterocycles. The summed E-state index contributed by atoms with van der Waals surface area (Å²) in [6, 6.07) is 11.8. The zero-order valence-corrected chi connectivity index (χ0v) is 12.1. The van der Waals surface area contributed by atoms with Crippen LogP contribution in [0, 0.1) is 3.57 Å². The number of phenolic OH excluding ortho intramolecular Hbond substituents is 1. The zero-order chi connectivity index (χ0) is 13.8. The lowest BCUT2D eigenvalue weighted by atomic mass is 10.1. The van der Waals surface area contributed by atoms with Crippen LogP contribution in [0.3, 0.4) is 0 Å². The molecule has 3 N–H and O–H groups in total. The van der Waals surface area contributed by atoms with Gasteiger partial charge in [-0.3, -0.25) is 4.79 Å². The van der Waals surface area contributed by atoms with Gasteiger partial charge in [-0.25, -0.2) is 0 Å². The molecular formula is C14H12INO3. The highest BCUT2D eigenvalue weighted by atomic mass is 127. The van der Waals surface area contributed by atoms with Crippen LogP contribution >= 0.6 is 22.6 Å². The van der Waals surface area contributed by atoms with Crippen molar-refractivity contribution in [2.45, 2.75) is 6.61 Å². The standard InChI is InChI=1S/C14H12INO3/c15-10-5-6-13(18)11(7-10)14(19)16-12-4-2-1-3-9(12)8-17/h1-7,17-18H,8H2,(H,16,19). The highest BCUT2D eigenvalue weighted by Gasteiger charge is 2.13. The van der Waals surface area contributed by atoms with Crippen LogP contribution in [0.15, 0.2) is 42.5 Å². The molecule has 0 bridgehead atoms. The fourth-order valence-corrected chi connectivity index (χ4v) is 2.15. The average Bonchev–Trinajstić information content (AvgIpc) is 2.42. The van der Waals surface area contributed by atoms with Gasteiger partial charge in [-0.1, -0.05) is 18.2 Å². The van der Waals surface area contributed by atoms with Crippen molar-refractivity contribution in [2.75, 3.05) is 5.32 Å². The lowest BCUT2D eigenvalue weighted by Crippen LogP contribution is -2.13. The van der Waals surface area contributed by atoms with Crippen LogP contribution in [0.2, 0.25) is 0 Å². The second kappa shape index (κ2) is 6.03. The van der Waals surface area contributed by atoms with E-state index >= 15 is 0 Å². The fourth-order valence-electron chi connectivity index (χ4n) is 1.66. The van der Waals surface area contributed by atoms with E-state index in [2.05, 4.69) is 27.9 Å². The molecule has 4 nitrogen and oxygen atoms in total. The van der Waals surface area contributed by atoms with Gasteiger partial charge in [0.25, 0.3) is 5.91 Å². The first-order valence-electron chi connectivity index (χ1n) is 5.60. The molecule has 0 aliphatic heterocycles. The van der Waals surface area contributed by atoms with Gasteiger partial charge in [-0.05, 0) is 46.9 Å². The molecule has 2 aromatic carbocycles. The number of anilines is 1. The third-order valence-electron chi connectivity index (χ3n) is 2.64. The van der Waals surface area contributed by atoms with Gasteiger partial charge in [0.15, 0.2) is 0 Å². The predicted molar refractivity (Wildman–Crippen MR) is 81.1 cm³/mol. The smallest absolute Gasteiger partial charge is 0.259 e. The Morgan fingerprint density at radius 1 is 1.21 bits per heavy atom. The molecule has 0 fully saturated rings. The number of carbonyl (C=O) groups is 1. The monoisotopic (exact) mass is 369 g/mol. The van der Waals surface area contributed by atoms with Crippen LogP contribution in [0.25, 0.3) is 0 Å². The number of carbonyl (C=O) groups excluding carboxylic acids is 1. The van der Waals surface area contributed by atoms with Gasteiger partial charge >= 0.3 is 0 Å². The third-order valence-corrected chi connectivity index (χ3v) is 3.31. The van der Waals surface area contributed by atoms with Gasteiger partial charge in [-0.15, -0.1) is 0 Å². The summed E-state index contributed by atoms with van der Waals surface area (Å²) in [6.07, 6.45) is 0. The molecule has 0 saturated carbocycles. The summed E-state index contributed by atoms with van der Waals surface area (Å²) in [6.45, 7) is -0.158. The van der Waals surface area contributed by atoms with E-state index in [1.54, 1.807) is 36.4 Å². The molecule has 0 unspecified atom stereocenters. The molecule has 2 aromatic rings. The lowest BCUT2D eigenvalue weighted by molar-refractivity contribution is 0.102. The first kappa shape index (κ1) is 13.8. The fraction of sp³-hybridized carbons (Fsp3) is 0.0714. The maximum atomic E-state index is 12.1. The highest BCUT2D eigenvalue weighted by Crippen LogP contribution is 2.22. The predicted octanol–water partition coefficient (Wildman–Crippen LogP) is 2.74. The van der Waals surface area contributed by atoms with Crippen LogP contribution in [0.4, 0.5) is 5.69 Å². The van der Waals surface area contributed by atoms with E-state index in [1.165, 1.54) is 6.07 Å². The minimum absolute atomic E-state index is 0.0700. The molecule has 0 aliphatic carbocycles. The Kier molecular flexibility index (Phi) is 4.39. The molecular weight excluding hydrogens is 357 g/mol. The molecule has 0 radical (unpaired) electrons. The molecule has 98 valence electrons. The second-order valence-electron chi connectivity index (χ2n) is 3.93. The lowest BCUT2D eigenvalue weighted by Gasteiger charge is -2.10. The van der Waals surface area contributed by atoms with Crippen molar-refractivity contribution in [2.24, 2.45) is 0 Å². The minimum atomic E-state index is -0.406. The average molecular weight is 369 g/mol. The van der Waals surface area contributed by atoms with Crippen molar-refractivity contribution in [1.82, 2.24) is 0 Å². The quantitative estimate of drug-likeness (QED) is 0.729. The van der Waals surface area contributed by atoms with Gasteiger partial charge in [-0.2, -0.15) is 0 Å². The van der Waals surface area contributed by atoms with Crippen molar-refractivity contribution in [3.05, 3.63) is 57.2 Å². The van der Waals surface area contributed by atoms with Crippen LogP contribution in [-0.2, 0) is 6.61 Å². The molecule has 0 atom stereocenters. The molecule has 0 aliphatic rings. The van der Waals surface area contributed by atoms with Gasteiger partial charge < -0.3 is 15.5 Å². The van der Waals surface area contributed by atoms with E-state index in [4.69, 9.17) is 0 Å². The molecule has 0 aromatic heterocycles. The summed E-state index contributed by atoms with van der Waals surface area (Å²) in [5, 5.41) is 21.6. The van der Waals surface area contributed by atoms with Crippen LogP contribution in [-0.4, -0.2) is 16.1 Å². The van der Waals surface area contributed by atoms with E-state index in [9.17, 15) is 15.0 Å². The van der Waals surface area contributed by atoms with Crippen molar-refractivity contribution < 1.29 is 15.0 Å². The van der Waals surface area contributed by atoms with Crippen molar-refractivity contribution in [3.8, 4) is 5.75 Å². The van der Waals surface area contributed by atoms with E-state index in [-0.39, 0.29) is 17.9 Å². The zero-order valence-electron chi connectivity index (χ0n) is 9.93. The highest BCUT2D eigenvalue weighted by molar-refractivity contribution is 14.1. The van der Waals surface area contributed by atoms with Crippen LogP contribution in [0.1, 0.15) is 15.9 Å². The SMILES string of the molecule is O=C(Nc1ccccc1CO)c1cc(I)ccc1O. The summed E-state index contributed by atoms with van der Waals surface area (Å²) in [5.41, 5.74) is 1.37. The van der Waals surface area contributed by atoms with Crippen LogP contribution in [0.5, 0.6) is 5.75 Å². The van der Waals surface area contributed by atoms with E-state index in [1.807, 2.05) is 0 Å². The Morgan fingerprint density at radius 3 is 2.68 bits per heavy atom. The number of phenols is 1. The summed E-state index contributed by atoms with van der Waals surface area (Å²) in [5.74, 6) is -0.476. The Labute approximate surface area is 124 Å². The molecule has 1 amide bonds. The van der Waals surface area contributed by atoms with Crippen molar-refractivity contribution in [3.63, 3.8) is 0 Å². The Balaban J connectivity index is 2.28. The van der Waals surface area contributed by atoms with E-state index in [0.717, 1.165) is 3.57 Å². The van der Waals surface area contributed by atoms with Gasteiger partial charge in [0.1, 0.15) is 5.75 Å². The largest absolute Gasteiger partial charge is 0.507 e. The summed E-state index contributed by atoms with van der Waals surface area (Å²) in [4.78, 5) is 12.1. The molecule has 0 heterocycles. The van der Waals surface area contributed by atoms with E-state index < -0.39 is 5.91 Å². The second-order valence-corrected chi connectivity index (χ2v) is 5.18. The molecule has 5 heteroatoms. The topological polar surface area (TPSA) is 69.6 Å². The van der Waals surface area contributed by atoms with Gasteiger partial charge in [0.05, 0.1) is 12.2 Å². The van der Waals surface area contributed by atoms with Crippen molar-refractivity contribution in [1.29, 1.82) is 0 Å². The number of hydrogen-bond donors (Lipinski definition) is 3. The number of para-hydroxylation sites is 1. The number of halogens is 1. The summed E-state index contributed by atoms with van der Waals surface area (Å²) in [7, 11) is 0. The number of aliphatic hydroxyl groups is 1. The van der Waals surface area contributed by atoms with Gasteiger partial charge in [0, 0.05) is 14.8 Å². The number of aromatic hydroxyl groups is 1. The number of rotatable bonds is 3. The maximum Gasteiger partial charge on any atom is 0.259 e. The van der Waals surface area contributed by atoms with Crippen LogP contribution < -0.4 is 5.32 Å². The normalized spacial score (nSPS) is 10.2. The number of aliphatic hydroxyl groups excluding tert-OH is 1. The number of benzene rings is 2. The first-order chi connectivity index (χ1) is 9.11. The van der Waals surface area contributed by atoms with E-state index in [0.29, 0.717) is 11.3 Å². The Hall–Kier alpha value is -1.60. The molecule has 19 heavy (non-hydrogen) atoms.